The number of oxazole rings is 1. The van der Waals surface area contributed by atoms with E-state index in [0.29, 0.717) is 5.89 Å². The van der Waals surface area contributed by atoms with Gasteiger partial charge in [-0.2, -0.15) is 0 Å². The van der Waals surface area contributed by atoms with Crippen molar-refractivity contribution in [1.82, 2.24) is 4.98 Å². The summed E-state index contributed by atoms with van der Waals surface area (Å²) in [5, 5.41) is 2.17. The summed E-state index contributed by atoms with van der Waals surface area (Å²) in [7, 11) is 0. The highest BCUT2D eigenvalue weighted by atomic mass is 16.3. The van der Waals surface area contributed by atoms with E-state index in [1.165, 1.54) is 27.8 Å². The lowest BCUT2D eigenvalue weighted by Crippen LogP contribution is -2.10. The van der Waals surface area contributed by atoms with Gasteiger partial charge in [-0.1, -0.05) is 188 Å². The number of anilines is 3. The Morgan fingerprint density at radius 3 is 1.31 bits per heavy atom. The van der Waals surface area contributed by atoms with Crippen molar-refractivity contribution in [2.24, 2.45) is 0 Å². The van der Waals surface area contributed by atoms with Crippen LogP contribution in [0.2, 0.25) is 0 Å². The average Bonchev–Trinajstić information content (AvgIpc) is 3.80. The lowest BCUT2D eigenvalue weighted by molar-refractivity contribution is 0.623. The summed E-state index contributed by atoms with van der Waals surface area (Å²) in [6.07, 6.45) is 0. The fraction of sp³-hybridized carbons (Fsp3) is 0. The monoisotopic (exact) mass is 792 g/mol. The fourth-order valence-electron chi connectivity index (χ4n) is 8.56. The smallest absolute Gasteiger partial charge is 0.227 e. The first-order valence-electron chi connectivity index (χ1n) is 21.0. The average molecular weight is 793 g/mol. The van der Waals surface area contributed by atoms with Gasteiger partial charge in [0.25, 0.3) is 0 Å². The predicted molar refractivity (Wildman–Crippen MR) is 259 cm³/mol. The van der Waals surface area contributed by atoms with E-state index < -0.39 is 0 Å². The minimum Gasteiger partial charge on any atom is -0.435 e. The first-order valence-corrected chi connectivity index (χ1v) is 21.0. The van der Waals surface area contributed by atoms with Crippen molar-refractivity contribution in [3.8, 4) is 67.1 Å². The summed E-state index contributed by atoms with van der Waals surface area (Å²) in [6, 6.07) is 86.0. The summed E-state index contributed by atoms with van der Waals surface area (Å²) in [6.45, 7) is 0. The molecule has 0 aliphatic rings. The zero-order valence-corrected chi connectivity index (χ0v) is 33.9. The van der Waals surface area contributed by atoms with Crippen LogP contribution in [-0.2, 0) is 0 Å². The topological polar surface area (TPSA) is 29.3 Å². The number of nitrogens with zero attached hydrogens (tertiary/aromatic N) is 2. The van der Waals surface area contributed by atoms with Gasteiger partial charge in [0, 0.05) is 28.0 Å². The number of hydrogen-bond donors (Lipinski definition) is 0. The Morgan fingerprint density at radius 1 is 0.306 bits per heavy atom. The Bertz CT molecular complexity index is 3300. The van der Waals surface area contributed by atoms with Crippen LogP contribution >= 0.6 is 0 Å². The van der Waals surface area contributed by atoms with Crippen molar-refractivity contribution in [1.29, 1.82) is 0 Å². The van der Waals surface area contributed by atoms with E-state index in [2.05, 4.69) is 241 Å². The van der Waals surface area contributed by atoms with E-state index in [4.69, 9.17) is 9.40 Å². The zero-order chi connectivity index (χ0) is 41.2. The Hall–Kier alpha value is -8.27. The van der Waals surface area contributed by atoms with Crippen LogP contribution in [-0.4, -0.2) is 4.98 Å². The molecule has 10 aromatic carbocycles. The molecule has 11 aromatic rings. The van der Waals surface area contributed by atoms with E-state index in [0.717, 1.165) is 72.3 Å². The van der Waals surface area contributed by atoms with Gasteiger partial charge >= 0.3 is 0 Å². The maximum atomic E-state index is 6.62. The van der Waals surface area contributed by atoms with Crippen LogP contribution in [0.15, 0.2) is 247 Å². The third-order valence-electron chi connectivity index (χ3n) is 11.7. The molecule has 0 aliphatic carbocycles. The first kappa shape index (κ1) is 36.8. The second kappa shape index (κ2) is 16.1. The summed E-state index contributed by atoms with van der Waals surface area (Å²) in [4.78, 5) is 7.31. The van der Waals surface area contributed by atoms with Crippen LogP contribution in [0.25, 0.3) is 89.0 Å². The summed E-state index contributed by atoms with van der Waals surface area (Å²) in [5.41, 5.74) is 17.4. The Kier molecular flexibility index (Phi) is 9.53. The molecule has 0 amide bonds. The minimum absolute atomic E-state index is 0.616. The van der Waals surface area contributed by atoms with Crippen LogP contribution < -0.4 is 4.90 Å². The van der Waals surface area contributed by atoms with Gasteiger partial charge in [0.1, 0.15) is 5.52 Å². The van der Waals surface area contributed by atoms with Crippen molar-refractivity contribution in [3.05, 3.63) is 243 Å². The van der Waals surface area contributed by atoms with E-state index in [9.17, 15) is 0 Å². The molecular weight excluding hydrogens is 753 g/mol. The van der Waals surface area contributed by atoms with Crippen LogP contribution in [0.4, 0.5) is 17.1 Å². The summed E-state index contributed by atoms with van der Waals surface area (Å²) >= 11 is 0. The zero-order valence-electron chi connectivity index (χ0n) is 33.9. The summed E-state index contributed by atoms with van der Waals surface area (Å²) < 4.78 is 6.62. The van der Waals surface area contributed by atoms with Gasteiger partial charge in [-0.05, 0) is 116 Å². The number of hydrogen-bond acceptors (Lipinski definition) is 3. The van der Waals surface area contributed by atoms with Crippen LogP contribution in [0.5, 0.6) is 0 Å². The molecule has 11 rings (SSSR count). The highest BCUT2D eigenvalue weighted by molar-refractivity contribution is 6.11. The summed E-state index contributed by atoms with van der Waals surface area (Å²) in [5.74, 6) is 0.616. The Balaban J connectivity index is 0.938. The van der Waals surface area contributed by atoms with Gasteiger partial charge in [0.05, 0.1) is 0 Å². The van der Waals surface area contributed by atoms with Gasteiger partial charge in [-0.15, -0.1) is 0 Å². The molecule has 62 heavy (non-hydrogen) atoms. The van der Waals surface area contributed by atoms with Crippen molar-refractivity contribution in [3.63, 3.8) is 0 Å². The molecule has 292 valence electrons. The van der Waals surface area contributed by atoms with Gasteiger partial charge in [0.15, 0.2) is 5.58 Å². The molecule has 0 saturated heterocycles. The van der Waals surface area contributed by atoms with Crippen molar-refractivity contribution >= 4 is 38.9 Å². The van der Waals surface area contributed by atoms with E-state index in [1.807, 2.05) is 6.07 Å². The van der Waals surface area contributed by atoms with E-state index in [1.54, 1.807) is 0 Å². The number of aromatic nitrogens is 1. The number of rotatable bonds is 9. The molecule has 1 heterocycles. The molecule has 0 spiro atoms. The van der Waals surface area contributed by atoms with Gasteiger partial charge < -0.3 is 9.32 Å². The molecule has 0 aliphatic heterocycles. The molecule has 3 heteroatoms. The van der Waals surface area contributed by atoms with Crippen molar-refractivity contribution < 1.29 is 4.42 Å². The lowest BCUT2D eigenvalue weighted by Gasteiger charge is -2.27. The van der Waals surface area contributed by atoms with E-state index >= 15 is 0 Å². The highest BCUT2D eigenvalue weighted by Crippen LogP contribution is 2.41. The second-order valence-electron chi connectivity index (χ2n) is 15.6. The van der Waals surface area contributed by atoms with Gasteiger partial charge in [-0.3, -0.25) is 0 Å². The quantitative estimate of drug-likeness (QED) is 0.146. The lowest BCUT2D eigenvalue weighted by atomic mass is 9.95. The number of fused-ring (bicyclic) bond motifs is 3. The highest BCUT2D eigenvalue weighted by Gasteiger charge is 2.17. The maximum absolute atomic E-state index is 6.62. The van der Waals surface area contributed by atoms with Crippen LogP contribution in [0.3, 0.4) is 0 Å². The first-order chi connectivity index (χ1) is 30.7. The van der Waals surface area contributed by atoms with Crippen molar-refractivity contribution in [2.75, 3.05) is 4.90 Å². The largest absolute Gasteiger partial charge is 0.435 e. The van der Waals surface area contributed by atoms with Gasteiger partial charge in [0.2, 0.25) is 5.89 Å². The minimum atomic E-state index is 0.616. The normalized spacial score (nSPS) is 11.2. The Morgan fingerprint density at radius 2 is 0.742 bits per heavy atom. The molecule has 0 saturated carbocycles. The third-order valence-corrected chi connectivity index (χ3v) is 11.7. The maximum Gasteiger partial charge on any atom is 0.227 e. The fourth-order valence-corrected chi connectivity index (χ4v) is 8.56. The van der Waals surface area contributed by atoms with E-state index in [-0.39, 0.29) is 0 Å². The SMILES string of the molecule is c1ccc(-c2ccc(-c3nc4ccc5cccc(-c6ccc(-c7cccc(N(c8ccc(-c9ccccc9)cc8)c8cccc(-c9ccccc9)c8)c7)cc6)c5c4o3)cc2)cc1. The molecule has 0 atom stereocenters. The predicted octanol–water partition coefficient (Wildman–Crippen LogP) is 16.5. The molecule has 3 nitrogen and oxygen atoms in total. The molecule has 0 radical (unpaired) electrons. The molecule has 0 unspecified atom stereocenters. The van der Waals surface area contributed by atoms with Crippen LogP contribution in [0, 0.1) is 0 Å². The van der Waals surface area contributed by atoms with Gasteiger partial charge in [-0.25, -0.2) is 4.98 Å². The molecule has 1 aromatic heterocycles. The van der Waals surface area contributed by atoms with Crippen LogP contribution in [0.1, 0.15) is 0 Å². The second-order valence-corrected chi connectivity index (χ2v) is 15.6. The molecule has 0 bridgehead atoms. The third kappa shape index (κ3) is 7.12. The molecule has 0 fully saturated rings. The van der Waals surface area contributed by atoms with Crippen molar-refractivity contribution in [2.45, 2.75) is 0 Å². The molecular formula is C59H40N2O. The Labute approximate surface area is 361 Å². The molecule has 0 N–H and O–H groups in total. The number of benzene rings is 10. The standard InChI is InChI=1S/C59H40N2O/c1-4-13-41(14-5-1)44-27-31-49(32-28-44)59-60-56-38-35-48-19-12-24-55(57(48)58(56)62-59)47-29-25-46(26-30-47)51-21-11-23-54(40-51)61(52-36-33-45(34-37-52)42-15-6-2-7-16-42)53-22-10-20-50(39-53)43-17-8-3-9-18-43/h1-40H.